The summed E-state index contributed by atoms with van der Waals surface area (Å²) in [7, 11) is 0. The van der Waals surface area contributed by atoms with Crippen LogP contribution in [0.1, 0.15) is 48.8 Å². The van der Waals surface area contributed by atoms with Crippen molar-refractivity contribution < 1.29 is 14.7 Å². The molecule has 1 fully saturated rings. The van der Waals surface area contributed by atoms with Gasteiger partial charge in [-0.25, -0.2) is 9.48 Å². The lowest BCUT2D eigenvalue weighted by Crippen LogP contribution is -2.26. The van der Waals surface area contributed by atoms with Crippen molar-refractivity contribution in [1.29, 1.82) is 0 Å². The van der Waals surface area contributed by atoms with E-state index in [1.807, 2.05) is 6.92 Å². The number of carboxylic acid groups (broad SMARTS) is 1. The van der Waals surface area contributed by atoms with Gasteiger partial charge in [0.2, 0.25) is 5.91 Å². The lowest BCUT2D eigenvalue weighted by molar-refractivity contribution is -0.121. The maximum absolute atomic E-state index is 11.6. The lowest BCUT2D eigenvalue weighted by atomic mass is 10.2. The summed E-state index contributed by atoms with van der Waals surface area (Å²) in [5.74, 6) is -1.09. The Balaban J connectivity index is 1.98. The van der Waals surface area contributed by atoms with Crippen molar-refractivity contribution in [2.24, 2.45) is 0 Å². The van der Waals surface area contributed by atoms with E-state index in [9.17, 15) is 9.59 Å². The molecule has 2 rings (SSSR count). The molecule has 0 unspecified atom stereocenters. The fraction of sp³-hybridized carbons (Fsp3) is 0.667. The first-order chi connectivity index (χ1) is 9.11. The first-order valence-corrected chi connectivity index (χ1v) is 6.56. The highest BCUT2D eigenvalue weighted by Crippen LogP contribution is 2.18. The summed E-state index contributed by atoms with van der Waals surface area (Å²) >= 11 is 0. The minimum absolute atomic E-state index is 0.00977. The topological polar surface area (TPSA) is 97.1 Å². The van der Waals surface area contributed by atoms with Crippen LogP contribution in [0.25, 0.3) is 0 Å². The molecular formula is C12H18N4O3. The van der Waals surface area contributed by atoms with E-state index < -0.39 is 5.97 Å². The van der Waals surface area contributed by atoms with Crippen molar-refractivity contribution in [3.63, 3.8) is 0 Å². The summed E-state index contributed by atoms with van der Waals surface area (Å²) in [4.78, 5) is 22.6. The first-order valence-electron chi connectivity index (χ1n) is 6.56. The number of nitrogens with zero attached hydrogens (tertiary/aromatic N) is 3. The monoisotopic (exact) mass is 266 g/mol. The van der Waals surface area contributed by atoms with Gasteiger partial charge >= 0.3 is 5.97 Å². The van der Waals surface area contributed by atoms with Gasteiger partial charge in [0.05, 0.1) is 12.2 Å². The molecule has 0 aromatic carbocycles. The van der Waals surface area contributed by atoms with E-state index in [-0.39, 0.29) is 11.6 Å². The van der Waals surface area contributed by atoms with Gasteiger partial charge in [0.1, 0.15) is 0 Å². The van der Waals surface area contributed by atoms with Gasteiger partial charge in [0.15, 0.2) is 5.69 Å². The average Bonchev–Trinajstić information content (AvgIpc) is 3.06. The molecule has 19 heavy (non-hydrogen) atoms. The van der Waals surface area contributed by atoms with Crippen molar-refractivity contribution in [1.82, 2.24) is 20.3 Å². The molecule has 7 nitrogen and oxygen atoms in total. The van der Waals surface area contributed by atoms with Gasteiger partial charge < -0.3 is 10.4 Å². The number of nitrogens with one attached hydrogen (secondary N) is 1. The second kappa shape index (κ2) is 5.81. The Morgan fingerprint density at radius 1 is 1.47 bits per heavy atom. The predicted molar refractivity (Wildman–Crippen MR) is 66.8 cm³/mol. The SMILES string of the molecule is CCCc1c(C(=O)O)nnn1CCC(=O)NC1CC1. The van der Waals surface area contributed by atoms with E-state index in [0.717, 1.165) is 19.3 Å². The Hall–Kier alpha value is -1.92. The third-order valence-corrected chi connectivity index (χ3v) is 3.02. The largest absolute Gasteiger partial charge is 0.476 e. The van der Waals surface area contributed by atoms with Crippen molar-refractivity contribution in [3.05, 3.63) is 11.4 Å². The van der Waals surface area contributed by atoms with Crippen LogP contribution in [0.2, 0.25) is 0 Å². The van der Waals surface area contributed by atoms with E-state index in [4.69, 9.17) is 5.11 Å². The molecule has 1 saturated carbocycles. The van der Waals surface area contributed by atoms with Crippen molar-refractivity contribution in [2.75, 3.05) is 0 Å². The molecule has 0 atom stereocenters. The molecule has 1 amide bonds. The highest BCUT2D eigenvalue weighted by Gasteiger charge is 2.23. The molecule has 1 aliphatic rings. The summed E-state index contributed by atoms with van der Waals surface area (Å²) < 4.78 is 1.53. The third-order valence-electron chi connectivity index (χ3n) is 3.02. The second-order valence-electron chi connectivity index (χ2n) is 4.75. The summed E-state index contributed by atoms with van der Waals surface area (Å²) in [5.41, 5.74) is 0.582. The number of carbonyl (C=O) groups excluding carboxylic acids is 1. The van der Waals surface area contributed by atoms with E-state index in [1.54, 1.807) is 0 Å². The van der Waals surface area contributed by atoms with Crippen molar-refractivity contribution in [2.45, 2.75) is 51.6 Å². The molecule has 7 heteroatoms. The molecule has 0 radical (unpaired) electrons. The van der Waals surface area contributed by atoms with E-state index in [0.29, 0.717) is 31.1 Å². The zero-order valence-corrected chi connectivity index (χ0v) is 10.9. The van der Waals surface area contributed by atoms with Gasteiger partial charge in [-0.3, -0.25) is 4.79 Å². The molecular weight excluding hydrogens is 248 g/mol. The first kappa shape index (κ1) is 13.5. The van der Waals surface area contributed by atoms with Gasteiger partial charge in [-0.05, 0) is 19.3 Å². The van der Waals surface area contributed by atoms with Crippen LogP contribution in [-0.2, 0) is 17.8 Å². The third kappa shape index (κ3) is 3.52. The Bertz CT molecular complexity index is 479. The highest BCUT2D eigenvalue weighted by molar-refractivity contribution is 5.86. The smallest absolute Gasteiger partial charge is 0.358 e. The molecule has 1 aromatic rings. The van der Waals surface area contributed by atoms with E-state index in [1.165, 1.54) is 4.68 Å². The molecule has 1 aromatic heterocycles. The van der Waals surface area contributed by atoms with Crippen LogP contribution in [0.4, 0.5) is 0 Å². The minimum atomic E-state index is -1.07. The van der Waals surface area contributed by atoms with Crippen LogP contribution in [0, 0.1) is 0 Å². The Morgan fingerprint density at radius 3 is 2.79 bits per heavy atom. The van der Waals surface area contributed by atoms with Gasteiger partial charge in [-0.15, -0.1) is 5.10 Å². The van der Waals surface area contributed by atoms with Crippen LogP contribution in [0.3, 0.4) is 0 Å². The molecule has 0 aliphatic heterocycles. The van der Waals surface area contributed by atoms with Gasteiger partial charge in [0.25, 0.3) is 0 Å². The standard InChI is InChI=1S/C12H18N4O3/c1-2-3-9-11(12(18)19)14-15-16(9)7-6-10(17)13-8-4-5-8/h8H,2-7H2,1H3,(H,13,17)(H,18,19). The van der Waals surface area contributed by atoms with Crippen LogP contribution in [-0.4, -0.2) is 38.0 Å². The molecule has 0 saturated heterocycles. The second-order valence-corrected chi connectivity index (χ2v) is 4.75. The molecule has 0 bridgehead atoms. The number of carbonyl (C=O) groups is 2. The zero-order valence-electron chi connectivity index (χ0n) is 10.9. The number of aromatic carboxylic acids is 1. The highest BCUT2D eigenvalue weighted by atomic mass is 16.4. The van der Waals surface area contributed by atoms with E-state index in [2.05, 4.69) is 15.6 Å². The Morgan fingerprint density at radius 2 is 2.21 bits per heavy atom. The fourth-order valence-corrected chi connectivity index (χ4v) is 1.90. The summed E-state index contributed by atoms with van der Waals surface area (Å²) in [6, 6.07) is 0.341. The minimum Gasteiger partial charge on any atom is -0.476 e. The van der Waals surface area contributed by atoms with Crippen LogP contribution in [0.5, 0.6) is 0 Å². The zero-order chi connectivity index (χ0) is 13.8. The summed E-state index contributed by atoms with van der Waals surface area (Å²) in [5, 5.41) is 19.4. The number of aromatic nitrogens is 3. The summed E-state index contributed by atoms with van der Waals surface area (Å²) in [6.07, 6.45) is 3.81. The van der Waals surface area contributed by atoms with Gasteiger partial charge in [0, 0.05) is 12.5 Å². The molecule has 0 spiro atoms. The normalized spacial score (nSPS) is 14.4. The number of carboxylic acids is 1. The number of amides is 1. The Labute approximate surface area is 111 Å². The number of hydrogen-bond acceptors (Lipinski definition) is 4. The molecule has 104 valence electrons. The van der Waals surface area contributed by atoms with Crippen LogP contribution >= 0.6 is 0 Å². The van der Waals surface area contributed by atoms with Gasteiger partial charge in [-0.2, -0.15) is 0 Å². The molecule has 1 aliphatic carbocycles. The van der Waals surface area contributed by atoms with Crippen molar-refractivity contribution in [3.8, 4) is 0 Å². The maximum Gasteiger partial charge on any atom is 0.358 e. The number of rotatable bonds is 7. The van der Waals surface area contributed by atoms with E-state index >= 15 is 0 Å². The summed E-state index contributed by atoms with van der Waals surface area (Å²) in [6.45, 7) is 2.33. The Kier molecular flexibility index (Phi) is 4.13. The molecule has 2 N–H and O–H groups in total. The predicted octanol–water partition coefficient (Wildman–Crippen LogP) is 0.597. The average molecular weight is 266 g/mol. The number of hydrogen-bond donors (Lipinski definition) is 2. The maximum atomic E-state index is 11.6. The van der Waals surface area contributed by atoms with Crippen molar-refractivity contribution >= 4 is 11.9 Å². The van der Waals surface area contributed by atoms with Crippen LogP contribution < -0.4 is 5.32 Å². The lowest BCUT2D eigenvalue weighted by Gasteiger charge is -2.06. The number of aryl methyl sites for hydroxylation is 1. The van der Waals surface area contributed by atoms with Crippen LogP contribution in [0.15, 0.2) is 0 Å². The quantitative estimate of drug-likeness (QED) is 0.753. The molecule has 1 heterocycles. The fourth-order valence-electron chi connectivity index (χ4n) is 1.90. The van der Waals surface area contributed by atoms with Gasteiger partial charge in [-0.1, -0.05) is 18.6 Å².